The second-order valence-electron chi connectivity index (χ2n) is 3.62. The summed E-state index contributed by atoms with van der Waals surface area (Å²) in [5, 5.41) is 9.83. The summed E-state index contributed by atoms with van der Waals surface area (Å²) in [4.78, 5) is 2.08. The average Bonchev–Trinajstić information content (AvgIpc) is 2.24. The van der Waals surface area contributed by atoms with Crippen molar-refractivity contribution in [1.82, 2.24) is 4.90 Å². The topological polar surface area (TPSA) is 27.0 Å². The van der Waals surface area contributed by atoms with Gasteiger partial charge in [0.15, 0.2) is 0 Å². The summed E-state index contributed by atoms with van der Waals surface area (Å²) in [5.41, 5.74) is 1.08. The minimum Gasteiger partial charge on any atom is -0.286 e. The first-order chi connectivity index (χ1) is 7.67. The van der Waals surface area contributed by atoms with Crippen molar-refractivity contribution in [3.8, 4) is 6.07 Å². The van der Waals surface area contributed by atoms with Crippen LogP contribution in [-0.4, -0.2) is 18.0 Å². The van der Waals surface area contributed by atoms with Gasteiger partial charge in [0, 0.05) is 6.54 Å². The molecular weight excluding hydrogens is 243 g/mol. The van der Waals surface area contributed by atoms with E-state index in [1.165, 1.54) is 0 Å². The molecule has 1 aromatic rings. The van der Waals surface area contributed by atoms with Gasteiger partial charge >= 0.3 is 0 Å². The van der Waals surface area contributed by atoms with Crippen molar-refractivity contribution in [3.05, 3.63) is 33.8 Å². The number of benzene rings is 1. The van der Waals surface area contributed by atoms with Crippen LogP contribution in [0.25, 0.3) is 0 Å². The highest BCUT2D eigenvalue weighted by atomic mass is 35.5. The van der Waals surface area contributed by atoms with Crippen LogP contribution in [0, 0.1) is 11.3 Å². The lowest BCUT2D eigenvalue weighted by Gasteiger charge is -2.18. The molecule has 0 heterocycles. The second-order valence-corrected chi connectivity index (χ2v) is 4.43. The van der Waals surface area contributed by atoms with Crippen LogP contribution in [-0.2, 0) is 6.54 Å². The number of nitriles is 1. The molecule has 0 spiro atoms. The first-order valence-electron chi connectivity index (χ1n) is 5.20. The highest BCUT2D eigenvalue weighted by molar-refractivity contribution is 6.42. The number of halogens is 2. The van der Waals surface area contributed by atoms with E-state index in [4.69, 9.17) is 28.5 Å². The van der Waals surface area contributed by atoms with Crippen LogP contribution in [0.4, 0.5) is 0 Å². The Morgan fingerprint density at radius 1 is 1.31 bits per heavy atom. The molecule has 4 heteroatoms. The van der Waals surface area contributed by atoms with Gasteiger partial charge in [-0.1, -0.05) is 36.2 Å². The fourth-order valence-corrected chi connectivity index (χ4v) is 1.85. The van der Waals surface area contributed by atoms with E-state index in [0.717, 1.165) is 25.1 Å². The molecule has 2 nitrogen and oxygen atoms in total. The first-order valence-corrected chi connectivity index (χ1v) is 5.96. The molecule has 0 bridgehead atoms. The number of rotatable bonds is 5. The normalized spacial score (nSPS) is 10.4. The van der Waals surface area contributed by atoms with Gasteiger partial charge < -0.3 is 0 Å². The zero-order valence-corrected chi connectivity index (χ0v) is 10.7. The molecule has 0 N–H and O–H groups in total. The maximum absolute atomic E-state index is 8.70. The van der Waals surface area contributed by atoms with Gasteiger partial charge in [-0.15, -0.1) is 0 Å². The SMILES string of the molecule is CCCN(CC#N)Cc1ccc(Cl)c(Cl)c1. The molecule has 86 valence electrons. The van der Waals surface area contributed by atoms with Crippen molar-refractivity contribution in [2.75, 3.05) is 13.1 Å². The van der Waals surface area contributed by atoms with E-state index >= 15 is 0 Å². The van der Waals surface area contributed by atoms with Gasteiger partial charge in [0.05, 0.1) is 22.7 Å². The molecule has 0 fully saturated rings. The van der Waals surface area contributed by atoms with Crippen molar-refractivity contribution in [3.63, 3.8) is 0 Å². The van der Waals surface area contributed by atoms with Gasteiger partial charge in [-0.2, -0.15) is 5.26 Å². The van der Waals surface area contributed by atoms with E-state index in [9.17, 15) is 0 Å². The molecular formula is C12H14Cl2N2. The van der Waals surface area contributed by atoms with Crippen LogP contribution in [0.15, 0.2) is 18.2 Å². The van der Waals surface area contributed by atoms with Crippen molar-refractivity contribution >= 4 is 23.2 Å². The molecule has 0 atom stereocenters. The quantitative estimate of drug-likeness (QED) is 0.751. The minimum absolute atomic E-state index is 0.439. The molecule has 0 aliphatic carbocycles. The lowest BCUT2D eigenvalue weighted by molar-refractivity contribution is 0.298. The molecule has 0 unspecified atom stereocenters. The van der Waals surface area contributed by atoms with Crippen LogP contribution in [0.2, 0.25) is 10.0 Å². The molecule has 0 aliphatic heterocycles. The van der Waals surface area contributed by atoms with Crippen molar-refractivity contribution in [2.24, 2.45) is 0 Å². The van der Waals surface area contributed by atoms with Crippen LogP contribution < -0.4 is 0 Å². The molecule has 0 saturated carbocycles. The van der Waals surface area contributed by atoms with E-state index in [0.29, 0.717) is 16.6 Å². The van der Waals surface area contributed by atoms with Crippen LogP contribution >= 0.6 is 23.2 Å². The Hall–Kier alpha value is -0.750. The van der Waals surface area contributed by atoms with E-state index < -0.39 is 0 Å². The maximum Gasteiger partial charge on any atom is 0.0868 e. The standard InChI is InChI=1S/C12H14Cl2N2/c1-2-6-16(7-5-15)9-10-3-4-11(13)12(14)8-10/h3-4,8H,2,6-7,9H2,1H3. The minimum atomic E-state index is 0.439. The summed E-state index contributed by atoms with van der Waals surface area (Å²) < 4.78 is 0. The Balaban J connectivity index is 2.69. The Morgan fingerprint density at radius 3 is 2.62 bits per heavy atom. The molecule has 0 aliphatic rings. The second kappa shape index (κ2) is 6.75. The molecule has 1 aromatic carbocycles. The van der Waals surface area contributed by atoms with Crippen LogP contribution in [0.3, 0.4) is 0 Å². The van der Waals surface area contributed by atoms with Gasteiger partial charge in [0.1, 0.15) is 0 Å². The van der Waals surface area contributed by atoms with Crippen LogP contribution in [0.1, 0.15) is 18.9 Å². The fraction of sp³-hybridized carbons (Fsp3) is 0.417. The molecule has 0 saturated heterocycles. The fourth-order valence-electron chi connectivity index (χ4n) is 1.53. The van der Waals surface area contributed by atoms with E-state index in [1.807, 2.05) is 12.1 Å². The summed E-state index contributed by atoms with van der Waals surface area (Å²) >= 11 is 11.8. The summed E-state index contributed by atoms with van der Waals surface area (Å²) in [5.74, 6) is 0. The predicted octanol–water partition coefficient (Wildman–Crippen LogP) is 3.73. The third-order valence-corrected chi connectivity index (χ3v) is 2.96. The van der Waals surface area contributed by atoms with Gasteiger partial charge in [0.2, 0.25) is 0 Å². The number of nitrogens with zero attached hydrogens (tertiary/aromatic N) is 2. The predicted molar refractivity (Wildman–Crippen MR) is 67.6 cm³/mol. The Labute approximate surface area is 106 Å². The Kier molecular flexibility index (Phi) is 5.62. The van der Waals surface area contributed by atoms with E-state index in [1.54, 1.807) is 6.07 Å². The Morgan fingerprint density at radius 2 is 2.06 bits per heavy atom. The summed E-state index contributed by atoms with van der Waals surface area (Å²) in [6, 6.07) is 7.74. The van der Waals surface area contributed by atoms with Crippen molar-refractivity contribution in [1.29, 1.82) is 5.26 Å². The van der Waals surface area contributed by atoms with Crippen molar-refractivity contribution in [2.45, 2.75) is 19.9 Å². The highest BCUT2D eigenvalue weighted by Gasteiger charge is 2.06. The van der Waals surface area contributed by atoms with E-state index in [-0.39, 0.29) is 0 Å². The molecule has 0 radical (unpaired) electrons. The lowest BCUT2D eigenvalue weighted by atomic mass is 10.2. The molecule has 0 aromatic heterocycles. The largest absolute Gasteiger partial charge is 0.286 e. The van der Waals surface area contributed by atoms with Gasteiger partial charge in [-0.25, -0.2) is 0 Å². The zero-order chi connectivity index (χ0) is 12.0. The summed E-state index contributed by atoms with van der Waals surface area (Å²) in [7, 11) is 0. The van der Waals surface area contributed by atoms with Gasteiger partial charge in [0.25, 0.3) is 0 Å². The first kappa shape index (κ1) is 13.3. The third kappa shape index (κ3) is 4.02. The maximum atomic E-state index is 8.70. The summed E-state index contributed by atoms with van der Waals surface area (Å²) in [6.45, 7) is 4.18. The van der Waals surface area contributed by atoms with E-state index in [2.05, 4.69) is 17.9 Å². The average molecular weight is 257 g/mol. The third-order valence-electron chi connectivity index (χ3n) is 2.22. The number of hydrogen-bond donors (Lipinski definition) is 0. The monoisotopic (exact) mass is 256 g/mol. The molecule has 16 heavy (non-hydrogen) atoms. The van der Waals surface area contributed by atoms with Crippen LogP contribution in [0.5, 0.6) is 0 Å². The Bertz CT molecular complexity index is 385. The number of hydrogen-bond acceptors (Lipinski definition) is 2. The lowest BCUT2D eigenvalue weighted by Crippen LogP contribution is -2.24. The van der Waals surface area contributed by atoms with Gasteiger partial charge in [-0.05, 0) is 30.7 Å². The highest BCUT2D eigenvalue weighted by Crippen LogP contribution is 2.23. The molecule has 1 rings (SSSR count). The van der Waals surface area contributed by atoms with Gasteiger partial charge in [-0.3, -0.25) is 4.90 Å². The van der Waals surface area contributed by atoms with Crippen molar-refractivity contribution < 1.29 is 0 Å². The zero-order valence-electron chi connectivity index (χ0n) is 9.21. The smallest absolute Gasteiger partial charge is 0.0868 e. The molecule has 0 amide bonds. The summed E-state index contributed by atoms with van der Waals surface area (Å²) in [6.07, 6.45) is 1.03.